The van der Waals surface area contributed by atoms with Gasteiger partial charge in [-0.3, -0.25) is 25.1 Å². The van der Waals surface area contributed by atoms with Crippen LogP contribution in [0.25, 0.3) is 6.08 Å². The van der Waals surface area contributed by atoms with E-state index in [4.69, 9.17) is 4.74 Å². The van der Waals surface area contributed by atoms with Gasteiger partial charge in [-0.15, -0.1) is 0 Å². The van der Waals surface area contributed by atoms with Crippen molar-refractivity contribution in [3.8, 4) is 5.75 Å². The fraction of sp³-hybridized carbons (Fsp3) is 0.0526. The molecule has 1 aliphatic rings. The smallest absolute Gasteiger partial charge is 0.312 e. The Labute approximate surface area is 168 Å². The highest BCUT2D eigenvalue weighted by Crippen LogP contribution is 2.37. The summed E-state index contributed by atoms with van der Waals surface area (Å²) in [6.45, 7) is 3.60. The van der Waals surface area contributed by atoms with Crippen LogP contribution < -0.4 is 15.2 Å². The summed E-state index contributed by atoms with van der Waals surface area (Å²) in [5.41, 5.74) is 2.85. The molecule has 2 amide bonds. The zero-order valence-corrected chi connectivity index (χ0v) is 16.0. The van der Waals surface area contributed by atoms with Gasteiger partial charge in [0.25, 0.3) is 11.8 Å². The van der Waals surface area contributed by atoms with Crippen molar-refractivity contribution < 1.29 is 19.2 Å². The number of hydrogen-bond donors (Lipinski definition) is 1. The second kappa shape index (κ2) is 8.05. The lowest BCUT2D eigenvalue weighted by Crippen LogP contribution is -2.35. The lowest BCUT2D eigenvalue weighted by Gasteiger charge is -2.13. The van der Waals surface area contributed by atoms with Gasteiger partial charge < -0.3 is 4.74 Å². The molecule has 1 N–H and O–H groups in total. The van der Waals surface area contributed by atoms with Gasteiger partial charge in [-0.25, -0.2) is 5.01 Å². The molecule has 0 spiro atoms. The molecule has 1 fully saturated rings. The number of anilines is 1. The highest BCUT2D eigenvalue weighted by Gasteiger charge is 2.34. The Morgan fingerprint density at radius 2 is 1.96 bits per heavy atom. The van der Waals surface area contributed by atoms with E-state index in [2.05, 4.69) is 27.9 Å². The highest BCUT2D eigenvalue weighted by molar-refractivity contribution is 9.10. The maximum Gasteiger partial charge on any atom is 0.312 e. The molecule has 142 valence electrons. The van der Waals surface area contributed by atoms with Crippen LogP contribution in [0.2, 0.25) is 0 Å². The van der Waals surface area contributed by atoms with E-state index in [1.165, 1.54) is 24.3 Å². The van der Waals surface area contributed by atoms with Crippen LogP contribution >= 0.6 is 15.9 Å². The van der Waals surface area contributed by atoms with Gasteiger partial charge in [-0.1, -0.05) is 30.9 Å². The van der Waals surface area contributed by atoms with Gasteiger partial charge in [-0.05, 0) is 45.8 Å². The normalized spacial score (nSPS) is 14.9. The van der Waals surface area contributed by atoms with Crippen LogP contribution in [0.15, 0.2) is 65.2 Å². The number of nitrogens with zero attached hydrogens (tertiary/aromatic N) is 2. The zero-order valence-electron chi connectivity index (χ0n) is 14.4. The van der Waals surface area contributed by atoms with E-state index < -0.39 is 16.7 Å². The number of nitro groups is 1. The summed E-state index contributed by atoms with van der Waals surface area (Å²) in [7, 11) is 0. The van der Waals surface area contributed by atoms with Crippen LogP contribution in [0.5, 0.6) is 5.75 Å². The van der Waals surface area contributed by atoms with Crippen LogP contribution in [0.4, 0.5) is 11.4 Å². The van der Waals surface area contributed by atoms with Gasteiger partial charge in [0.15, 0.2) is 0 Å². The van der Waals surface area contributed by atoms with Crippen molar-refractivity contribution in [3.05, 3.63) is 80.8 Å². The molecule has 0 atom stereocenters. The molecule has 2 aromatic rings. The highest BCUT2D eigenvalue weighted by atomic mass is 79.9. The second-order valence-corrected chi connectivity index (χ2v) is 6.54. The van der Waals surface area contributed by atoms with E-state index in [1.807, 2.05) is 0 Å². The minimum absolute atomic E-state index is 0.0418. The van der Waals surface area contributed by atoms with E-state index in [0.717, 1.165) is 5.01 Å². The number of rotatable bonds is 6. The molecule has 0 aromatic heterocycles. The van der Waals surface area contributed by atoms with Gasteiger partial charge >= 0.3 is 5.69 Å². The van der Waals surface area contributed by atoms with E-state index in [9.17, 15) is 19.7 Å². The second-order valence-electron chi connectivity index (χ2n) is 5.68. The average Bonchev–Trinajstić information content (AvgIpc) is 2.95. The summed E-state index contributed by atoms with van der Waals surface area (Å²) in [6.07, 6.45) is 2.77. The summed E-state index contributed by atoms with van der Waals surface area (Å²) in [6, 6.07) is 11.4. The molecular formula is C19H14BrN3O5. The van der Waals surface area contributed by atoms with Gasteiger partial charge in [0.1, 0.15) is 12.2 Å². The zero-order chi connectivity index (χ0) is 20.3. The fourth-order valence-corrected chi connectivity index (χ4v) is 3.17. The molecule has 2 aromatic carbocycles. The number of amides is 2. The number of hydrazine groups is 1. The predicted octanol–water partition coefficient (Wildman–Crippen LogP) is 3.38. The van der Waals surface area contributed by atoms with Crippen molar-refractivity contribution in [2.75, 3.05) is 11.6 Å². The third kappa shape index (κ3) is 3.79. The number of para-hydroxylation sites is 1. The summed E-state index contributed by atoms with van der Waals surface area (Å²) >= 11 is 3.24. The molecule has 1 heterocycles. The van der Waals surface area contributed by atoms with Crippen LogP contribution in [-0.2, 0) is 9.59 Å². The van der Waals surface area contributed by atoms with E-state index in [1.54, 1.807) is 30.3 Å². The number of carbonyl (C=O) groups excluding carboxylic acids is 2. The molecular weight excluding hydrogens is 430 g/mol. The molecule has 28 heavy (non-hydrogen) atoms. The Morgan fingerprint density at radius 1 is 1.25 bits per heavy atom. The summed E-state index contributed by atoms with van der Waals surface area (Å²) in [5, 5.41) is 12.5. The number of nitrogens with one attached hydrogen (secondary N) is 1. The maximum atomic E-state index is 12.6. The van der Waals surface area contributed by atoms with Gasteiger partial charge in [0.05, 0.1) is 15.1 Å². The molecule has 1 aliphatic heterocycles. The minimum Gasteiger partial charge on any atom is -0.482 e. The standard InChI is InChI=1S/C19H14BrN3O5/c1-2-8-28-17-15(20)10-12(11-16(17)23(26)27)9-14-18(24)21-22(19(14)25)13-6-4-3-5-7-13/h2-7,9-11H,1,8H2,(H,21,24). The number of halogens is 1. The Kier molecular flexibility index (Phi) is 5.55. The van der Waals surface area contributed by atoms with Crippen LogP contribution in [0, 0.1) is 10.1 Å². The first-order chi connectivity index (χ1) is 13.4. The van der Waals surface area contributed by atoms with Crippen molar-refractivity contribution in [2.45, 2.75) is 0 Å². The third-order valence-corrected chi connectivity index (χ3v) is 4.39. The number of hydrogen-bond acceptors (Lipinski definition) is 5. The number of benzene rings is 2. The summed E-state index contributed by atoms with van der Waals surface area (Å²) in [5.74, 6) is -1.11. The molecule has 0 unspecified atom stereocenters. The molecule has 0 radical (unpaired) electrons. The SMILES string of the molecule is C=CCOc1c(Br)cc(C=C2C(=O)NN(c3ccccc3)C2=O)cc1[N+](=O)[O-]. The molecule has 0 bridgehead atoms. The van der Waals surface area contributed by atoms with Crippen molar-refractivity contribution in [1.82, 2.24) is 5.43 Å². The van der Waals surface area contributed by atoms with E-state index in [-0.39, 0.29) is 23.6 Å². The van der Waals surface area contributed by atoms with Gasteiger partial charge in [-0.2, -0.15) is 0 Å². The topological polar surface area (TPSA) is 102 Å². The third-order valence-electron chi connectivity index (χ3n) is 3.81. The number of carbonyl (C=O) groups is 2. The van der Waals surface area contributed by atoms with Crippen molar-refractivity contribution in [3.63, 3.8) is 0 Å². The Hall–Kier alpha value is -3.46. The minimum atomic E-state index is -0.599. The lowest BCUT2D eigenvalue weighted by molar-refractivity contribution is -0.385. The molecule has 0 saturated carbocycles. The predicted molar refractivity (Wildman–Crippen MR) is 107 cm³/mol. The monoisotopic (exact) mass is 443 g/mol. The van der Waals surface area contributed by atoms with Crippen molar-refractivity contribution in [2.24, 2.45) is 0 Å². The Balaban J connectivity index is 1.99. The molecule has 8 nitrogen and oxygen atoms in total. The van der Waals surface area contributed by atoms with E-state index >= 15 is 0 Å². The van der Waals surface area contributed by atoms with E-state index in [0.29, 0.717) is 15.7 Å². The first kappa shape index (κ1) is 19.3. The van der Waals surface area contributed by atoms with Crippen LogP contribution in [0.1, 0.15) is 5.56 Å². The van der Waals surface area contributed by atoms with Gasteiger partial charge in [0, 0.05) is 6.07 Å². The average molecular weight is 444 g/mol. The Morgan fingerprint density at radius 3 is 2.61 bits per heavy atom. The number of ether oxygens (including phenoxy) is 1. The Bertz CT molecular complexity index is 1000. The molecule has 1 saturated heterocycles. The van der Waals surface area contributed by atoms with Gasteiger partial charge in [0.2, 0.25) is 5.75 Å². The summed E-state index contributed by atoms with van der Waals surface area (Å²) in [4.78, 5) is 35.7. The largest absolute Gasteiger partial charge is 0.482 e. The van der Waals surface area contributed by atoms with Crippen LogP contribution in [0.3, 0.4) is 0 Å². The van der Waals surface area contributed by atoms with Crippen molar-refractivity contribution in [1.29, 1.82) is 0 Å². The first-order valence-electron chi connectivity index (χ1n) is 8.06. The molecule has 0 aliphatic carbocycles. The molecule has 9 heteroatoms. The van der Waals surface area contributed by atoms with Crippen molar-refractivity contribution >= 4 is 45.2 Å². The first-order valence-corrected chi connectivity index (χ1v) is 8.85. The summed E-state index contributed by atoms with van der Waals surface area (Å²) < 4.78 is 5.66. The lowest BCUT2D eigenvalue weighted by atomic mass is 10.1. The number of nitro benzene ring substituents is 1. The van der Waals surface area contributed by atoms with Crippen LogP contribution in [-0.4, -0.2) is 23.3 Å². The molecule has 3 rings (SSSR count). The fourth-order valence-electron chi connectivity index (χ4n) is 2.59. The quantitative estimate of drug-likeness (QED) is 0.242. The maximum absolute atomic E-state index is 12.6.